The second-order valence-corrected chi connectivity index (χ2v) is 10.0. The number of fused-ring (bicyclic) bond motifs is 2. The van der Waals surface area contributed by atoms with Gasteiger partial charge in [-0.3, -0.25) is 4.31 Å². The summed E-state index contributed by atoms with van der Waals surface area (Å²) in [6, 6.07) is 10.2. The molecule has 1 aliphatic rings. The number of rotatable bonds is 7. The number of pyridine rings is 2. The lowest BCUT2D eigenvalue weighted by atomic mass is 10.2. The third-order valence-electron chi connectivity index (χ3n) is 5.54. The van der Waals surface area contributed by atoms with Gasteiger partial charge >= 0.3 is 0 Å². The second kappa shape index (κ2) is 8.74. The Morgan fingerprint density at radius 3 is 2.60 bits per heavy atom. The first-order chi connectivity index (χ1) is 16.7. The van der Waals surface area contributed by atoms with Crippen molar-refractivity contribution in [3.63, 3.8) is 0 Å². The molecule has 0 atom stereocenters. The molecule has 0 radical (unpaired) electrons. The van der Waals surface area contributed by atoms with E-state index in [9.17, 15) is 17.2 Å². The van der Waals surface area contributed by atoms with Gasteiger partial charge in [-0.2, -0.15) is 0 Å². The van der Waals surface area contributed by atoms with Crippen LogP contribution in [0.25, 0.3) is 11.2 Å². The highest BCUT2D eigenvalue weighted by Gasteiger charge is 2.20. The number of nitrogens with one attached hydrogen (secondary N) is 3. The number of H-pyrrole nitrogens is 1. The molecule has 0 saturated heterocycles. The van der Waals surface area contributed by atoms with Gasteiger partial charge in [0.25, 0.3) is 6.43 Å². The normalized spacial score (nSPS) is 13.3. The van der Waals surface area contributed by atoms with Crippen LogP contribution >= 0.6 is 0 Å². The summed E-state index contributed by atoms with van der Waals surface area (Å²) < 4.78 is 57.6. The second-order valence-electron chi connectivity index (χ2n) is 8.00. The molecule has 35 heavy (non-hydrogen) atoms. The summed E-state index contributed by atoms with van der Waals surface area (Å²) in [4.78, 5) is 15.3. The van der Waals surface area contributed by atoms with Crippen LogP contribution in [0.2, 0.25) is 0 Å². The van der Waals surface area contributed by atoms with Crippen LogP contribution in [0, 0.1) is 0 Å². The van der Waals surface area contributed by atoms with Gasteiger partial charge < -0.3 is 20.4 Å². The first kappa shape index (κ1) is 22.9. The molecular formula is C22H21F2N7O3S. The van der Waals surface area contributed by atoms with Crippen LogP contribution in [-0.4, -0.2) is 41.7 Å². The fraction of sp³-hybridized carbons (Fsp3) is 0.227. The summed E-state index contributed by atoms with van der Waals surface area (Å²) in [5, 5.41) is 6.23. The van der Waals surface area contributed by atoms with Gasteiger partial charge in [0, 0.05) is 24.9 Å². The number of benzene rings is 1. The summed E-state index contributed by atoms with van der Waals surface area (Å²) in [6.07, 6.45) is -0.0196. The molecular weight excluding hydrogens is 480 g/mol. The van der Waals surface area contributed by atoms with Crippen molar-refractivity contribution in [1.82, 2.24) is 19.9 Å². The predicted molar refractivity (Wildman–Crippen MR) is 128 cm³/mol. The number of halogens is 2. The summed E-state index contributed by atoms with van der Waals surface area (Å²) >= 11 is 0. The Bertz CT molecular complexity index is 1530. The minimum absolute atomic E-state index is 0.131. The van der Waals surface area contributed by atoms with E-state index in [2.05, 4.69) is 30.6 Å². The maximum Gasteiger partial charge on any atom is 0.295 e. The monoisotopic (exact) mass is 501 g/mol. The maximum absolute atomic E-state index is 13.4. The highest BCUT2D eigenvalue weighted by molar-refractivity contribution is 7.92. The molecule has 10 nitrogen and oxygen atoms in total. The SMILES string of the molecule is CN(c1ccccc1Nc1cc(Nc2cc3c(cn2)COC3)nc2[nH]c(C(F)F)nc12)S(C)(=O)=O. The van der Waals surface area contributed by atoms with Crippen molar-refractivity contribution in [2.24, 2.45) is 0 Å². The van der Waals surface area contributed by atoms with E-state index in [1.165, 1.54) is 7.05 Å². The van der Waals surface area contributed by atoms with Gasteiger partial charge in [-0.1, -0.05) is 12.1 Å². The molecule has 3 N–H and O–H groups in total. The summed E-state index contributed by atoms with van der Waals surface area (Å²) in [6.45, 7) is 0.988. The molecule has 1 aliphatic heterocycles. The Labute approximate surface area is 199 Å². The van der Waals surface area contributed by atoms with E-state index in [4.69, 9.17) is 4.74 Å². The Morgan fingerprint density at radius 1 is 1.06 bits per heavy atom. The molecule has 182 valence electrons. The van der Waals surface area contributed by atoms with Crippen molar-refractivity contribution in [1.29, 1.82) is 0 Å². The quantitative estimate of drug-likeness (QED) is 0.344. The predicted octanol–water partition coefficient (Wildman–Crippen LogP) is 4.20. The zero-order valence-corrected chi connectivity index (χ0v) is 19.5. The fourth-order valence-electron chi connectivity index (χ4n) is 3.71. The van der Waals surface area contributed by atoms with Crippen molar-refractivity contribution in [3.05, 3.63) is 59.5 Å². The van der Waals surface area contributed by atoms with Gasteiger partial charge in [-0.25, -0.2) is 32.2 Å². The smallest absolute Gasteiger partial charge is 0.295 e. The first-order valence-corrected chi connectivity index (χ1v) is 12.3. The number of ether oxygens (including phenoxy) is 1. The number of aromatic amines is 1. The zero-order valence-electron chi connectivity index (χ0n) is 18.7. The van der Waals surface area contributed by atoms with Crippen LogP contribution in [0.1, 0.15) is 23.4 Å². The van der Waals surface area contributed by atoms with Gasteiger partial charge in [0.05, 0.1) is 36.5 Å². The van der Waals surface area contributed by atoms with Crippen LogP contribution in [0.4, 0.5) is 37.5 Å². The number of anilines is 5. The van der Waals surface area contributed by atoms with Crippen molar-refractivity contribution in [2.75, 3.05) is 28.2 Å². The van der Waals surface area contributed by atoms with Crippen molar-refractivity contribution >= 4 is 49.9 Å². The van der Waals surface area contributed by atoms with Crippen molar-refractivity contribution in [2.45, 2.75) is 19.6 Å². The van der Waals surface area contributed by atoms with Crippen LogP contribution in [0.15, 0.2) is 42.6 Å². The average Bonchev–Trinajstić information content (AvgIpc) is 3.45. The van der Waals surface area contributed by atoms with Crippen LogP contribution < -0.4 is 14.9 Å². The number of sulfonamides is 1. The molecule has 4 heterocycles. The van der Waals surface area contributed by atoms with E-state index in [0.717, 1.165) is 21.7 Å². The van der Waals surface area contributed by atoms with Gasteiger partial charge in [0.15, 0.2) is 11.5 Å². The highest BCUT2D eigenvalue weighted by atomic mass is 32.2. The molecule has 0 aliphatic carbocycles. The lowest BCUT2D eigenvalue weighted by Crippen LogP contribution is -2.25. The lowest BCUT2D eigenvalue weighted by molar-refractivity contribution is 0.134. The van der Waals surface area contributed by atoms with Gasteiger partial charge in [0.1, 0.15) is 17.2 Å². The third-order valence-corrected chi connectivity index (χ3v) is 6.73. The molecule has 0 saturated carbocycles. The maximum atomic E-state index is 13.4. The highest BCUT2D eigenvalue weighted by Crippen LogP contribution is 2.34. The molecule has 13 heteroatoms. The Balaban J connectivity index is 1.57. The molecule has 3 aromatic heterocycles. The van der Waals surface area contributed by atoms with E-state index in [0.29, 0.717) is 41.9 Å². The van der Waals surface area contributed by atoms with Crippen LogP contribution in [0.5, 0.6) is 0 Å². The number of imidazole rings is 1. The van der Waals surface area contributed by atoms with E-state index in [1.807, 2.05) is 6.07 Å². The topological polar surface area (TPSA) is 125 Å². The molecule has 5 rings (SSSR count). The molecule has 4 aromatic rings. The van der Waals surface area contributed by atoms with E-state index in [-0.39, 0.29) is 11.2 Å². The first-order valence-electron chi connectivity index (χ1n) is 10.5. The Kier molecular flexibility index (Phi) is 5.73. The fourth-order valence-corrected chi connectivity index (χ4v) is 4.23. The number of para-hydroxylation sites is 2. The Morgan fingerprint density at radius 2 is 1.83 bits per heavy atom. The van der Waals surface area contributed by atoms with E-state index >= 15 is 0 Å². The van der Waals surface area contributed by atoms with Crippen molar-refractivity contribution in [3.8, 4) is 0 Å². The van der Waals surface area contributed by atoms with Crippen LogP contribution in [0.3, 0.4) is 0 Å². The molecule has 1 aromatic carbocycles. The molecule has 0 bridgehead atoms. The van der Waals surface area contributed by atoms with Crippen molar-refractivity contribution < 1.29 is 21.9 Å². The molecule has 0 unspecified atom stereocenters. The Hall–Kier alpha value is -3.84. The van der Waals surface area contributed by atoms with E-state index < -0.39 is 22.3 Å². The number of alkyl halides is 2. The van der Waals surface area contributed by atoms with Crippen LogP contribution in [-0.2, 0) is 28.0 Å². The number of hydrogen-bond acceptors (Lipinski definition) is 8. The summed E-state index contributed by atoms with van der Waals surface area (Å²) in [5.41, 5.74) is 3.47. The lowest BCUT2D eigenvalue weighted by Gasteiger charge is -2.21. The zero-order chi connectivity index (χ0) is 24.7. The molecule has 0 spiro atoms. The van der Waals surface area contributed by atoms with Gasteiger partial charge in [0.2, 0.25) is 10.0 Å². The van der Waals surface area contributed by atoms with Gasteiger partial charge in [-0.15, -0.1) is 0 Å². The number of nitrogens with zero attached hydrogens (tertiary/aromatic N) is 4. The molecule has 0 amide bonds. The minimum atomic E-state index is -3.55. The number of aromatic nitrogens is 4. The molecule has 0 fully saturated rings. The van der Waals surface area contributed by atoms with Gasteiger partial charge in [-0.05, 0) is 23.8 Å². The summed E-state index contributed by atoms with van der Waals surface area (Å²) in [5.74, 6) is 0.310. The average molecular weight is 502 g/mol. The minimum Gasteiger partial charge on any atom is -0.372 e. The number of hydrogen-bond donors (Lipinski definition) is 3. The standard InChI is InChI=1S/C22H21F2N7O3S/c1-31(35(2,32)33)16-6-4-3-5-14(16)26-15-8-18(28-21-19(15)29-22(30-21)20(23)24)27-17-7-12-10-34-11-13(12)9-25-17/h3-9,20H,10-11H2,1-2H3,(H3,25,26,27,28,29,30). The summed E-state index contributed by atoms with van der Waals surface area (Å²) in [7, 11) is -2.12. The largest absolute Gasteiger partial charge is 0.372 e. The van der Waals surface area contributed by atoms with E-state index in [1.54, 1.807) is 36.5 Å². The third kappa shape index (κ3) is 4.59.